The van der Waals surface area contributed by atoms with Crippen molar-refractivity contribution in [3.63, 3.8) is 0 Å². The highest BCUT2D eigenvalue weighted by atomic mass is 16.1. The average Bonchev–Trinajstić information content (AvgIpc) is 2.48. The predicted molar refractivity (Wildman–Crippen MR) is 81.6 cm³/mol. The number of allylic oxidation sites excluding steroid dienone is 1. The molecular weight excluding hydrogens is 246 g/mol. The van der Waals surface area contributed by atoms with Crippen LogP contribution in [0.4, 0.5) is 0 Å². The van der Waals surface area contributed by atoms with Crippen molar-refractivity contribution in [3.05, 3.63) is 64.5 Å². The Morgan fingerprint density at radius 3 is 2.70 bits per heavy atom. The second kappa shape index (κ2) is 5.41. The number of aromatic nitrogens is 1. The molecular formula is C18H17NO. The fourth-order valence-electron chi connectivity index (χ4n) is 2.73. The van der Waals surface area contributed by atoms with Crippen LogP contribution in [0.3, 0.4) is 0 Å². The molecule has 0 fully saturated rings. The second-order valence-corrected chi connectivity index (χ2v) is 5.22. The van der Waals surface area contributed by atoms with E-state index in [0.717, 1.165) is 36.9 Å². The van der Waals surface area contributed by atoms with Crippen LogP contribution in [0.1, 0.15) is 45.7 Å². The van der Waals surface area contributed by atoms with Crippen LogP contribution in [0, 0.1) is 6.92 Å². The molecule has 1 aliphatic carbocycles. The highest BCUT2D eigenvalue weighted by molar-refractivity contribution is 5.84. The van der Waals surface area contributed by atoms with E-state index in [0.29, 0.717) is 5.56 Å². The van der Waals surface area contributed by atoms with Gasteiger partial charge >= 0.3 is 0 Å². The zero-order chi connectivity index (χ0) is 13.9. The molecule has 0 radical (unpaired) electrons. The first-order valence-electron chi connectivity index (χ1n) is 6.99. The van der Waals surface area contributed by atoms with Gasteiger partial charge in [-0.3, -0.25) is 9.78 Å². The van der Waals surface area contributed by atoms with Crippen LogP contribution in [0.5, 0.6) is 0 Å². The first-order chi connectivity index (χ1) is 9.78. The third-order valence-electron chi connectivity index (χ3n) is 3.80. The van der Waals surface area contributed by atoms with Crippen molar-refractivity contribution in [2.45, 2.75) is 26.2 Å². The van der Waals surface area contributed by atoms with Crippen molar-refractivity contribution in [2.24, 2.45) is 0 Å². The second-order valence-electron chi connectivity index (χ2n) is 5.22. The number of nitrogens with zero attached hydrogens (tertiary/aromatic N) is 1. The third-order valence-corrected chi connectivity index (χ3v) is 3.80. The summed E-state index contributed by atoms with van der Waals surface area (Å²) in [6, 6.07) is 12.3. The quantitative estimate of drug-likeness (QED) is 0.764. The van der Waals surface area contributed by atoms with Gasteiger partial charge in [0.2, 0.25) is 0 Å². The van der Waals surface area contributed by atoms with Gasteiger partial charge < -0.3 is 0 Å². The van der Waals surface area contributed by atoms with E-state index < -0.39 is 0 Å². The van der Waals surface area contributed by atoms with E-state index in [1.54, 1.807) is 0 Å². The molecule has 20 heavy (non-hydrogen) atoms. The highest BCUT2D eigenvalue weighted by Gasteiger charge is 2.17. The Morgan fingerprint density at radius 2 is 1.95 bits per heavy atom. The molecule has 1 aromatic carbocycles. The first kappa shape index (κ1) is 12.8. The molecule has 0 aliphatic heterocycles. The van der Waals surface area contributed by atoms with Gasteiger partial charge in [-0.2, -0.15) is 0 Å². The van der Waals surface area contributed by atoms with Crippen molar-refractivity contribution >= 4 is 17.9 Å². The summed E-state index contributed by atoms with van der Waals surface area (Å²) in [6.45, 7) is 1.90. The van der Waals surface area contributed by atoms with Gasteiger partial charge in [-0.05, 0) is 55.0 Å². The Morgan fingerprint density at radius 1 is 1.15 bits per heavy atom. The summed E-state index contributed by atoms with van der Waals surface area (Å²) < 4.78 is 0. The van der Waals surface area contributed by atoms with Crippen molar-refractivity contribution < 1.29 is 4.79 Å². The summed E-state index contributed by atoms with van der Waals surface area (Å²) in [5.41, 5.74) is 6.28. The third kappa shape index (κ3) is 2.42. The summed E-state index contributed by atoms with van der Waals surface area (Å²) in [4.78, 5) is 15.7. The molecule has 1 aromatic heterocycles. The maximum absolute atomic E-state index is 11.0. The lowest BCUT2D eigenvalue weighted by atomic mass is 9.89. The summed E-state index contributed by atoms with van der Waals surface area (Å²) >= 11 is 0. The zero-order valence-corrected chi connectivity index (χ0v) is 11.6. The van der Waals surface area contributed by atoms with Crippen LogP contribution >= 0.6 is 0 Å². The standard InChI is InChI=1S/C18H17NO/c1-13-17(12-20)11-16-9-5-8-15(18(16)19-13)10-14-6-3-2-4-7-14/h2-4,6-7,10-12H,5,8-9H2,1H3/b15-10-. The molecule has 2 aromatic rings. The number of hydrogen-bond acceptors (Lipinski definition) is 2. The molecule has 3 rings (SSSR count). The van der Waals surface area contributed by atoms with Crippen LogP contribution in [-0.2, 0) is 6.42 Å². The van der Waals surface area contributed by atoms with Crippen LogP contribution in [-0.4, -0.2) is 11.3 Å². The molecule has 100 valence electrons. The van der Waals surface area contributed by atoms with E-state index in [9.17, 15) is 4.79 Å². The van der Waals surface area contributed by atoms with Gasteiger partial charge in [0.1, 0.15) is 0 Å². The number of carbonyl (C=O) groups excluding carboxylic acids is 1. The number of carbonyl (C=O) groups is 1. The Bertz CT molecular complexity index is 671. The van der Waals surface area contributed by atoms with Gasteiger partial charge in [0, 0.05) is 11.3 Å². The van der Waals surface area contributed by atoms with Crippen molar-refractivity contribution in [1.29, 1.82) is 0 Å². The van der Waals surface area contributed by atoms with Gasteiger partial charge in [-0.15, -0.1) is 0 Å². The molecule has 2 nitrogen and oxygen atoms in total. The molecule has 0 atom stereocenters. The normalized spacial score (nSPS) is 15.9. The average molecular weight is 263 g/mol. The maximum atomic E-state index is 11.0. The van der Waals surface area contributed by atoms with E-state index >= 15 is 0 Å². The molecule has 0 spiro atoms. The van der Waals surface area contributed by atoms with E-state index in [-0.39, 0.29) is 0 Å². The number of rotatable bonds is 2. The lowest BCUT2D eigenvalue weighted by molar-refractivity contribution is 0.112. The Balaban J connectivity index is 2.08. The highest BCUT2D eigenvalue weighted by Crippen LogP contribution is 2.31. The Kier molecular flexibility index (Phi) is 3.46. The minimum absolute atomic E-state index is 0.713. The van der Waals surface area contributed by atoms with Crippen LogP contribution in [0.25, 0.3) is 11.6 Å². The van der Waals surface area contributed by atoms with Gasteiger partial charge in [0.05, 0.1) is 5.69 Å². The molecule has 1 aliphatic rings. The van der Waals surface area contributed by atoms with Crippen LogP contribution < -0.4 is 0 Å². The maximum Gasteiger partial charge on any atom is 0.151 e. The Labute approximate surface area is 119 Å². The minimum atomic E-state index is 0.713. The molecule has 0 amide bonds. The number of pyridine rings is 1. The first-order valence-corrected chi connectivity index (χ1v) is 6.99. The fourth-order valence-corrected chi connectivity index (χ4v) is 2.73. The monoisotopic (exact) mass is 263 g/mol. The van der Waals surface area contributed by atoms with Crippen LogP contribution in [0.2, 0.25) is 0 Å². The summed E-state index contributed by atoms with van der Waals surface area (Å²) in [7, 11) is 0. The van der Waals surface area contributed by atoms with Crippen LogP contribution in [0.15, 0.2) is 36.4 Å². The van der Waals surface area contributed by atoms with Crippen molar-refractivity contribution in [2.75, 3.05) is 0 Å². The number of fused-ring (bicyclic) bond motifs is 1. The zero-order valence-electron chi connectivity index (χ0n) is 11.6. The minimum Gasteiger partial charge on any atom is -0.298 e. The SMILES string of the molecule is Cc1nc2c(cc1C=O)CCC/C2=C/c1ccccc1. The Hall–Kier alpha value is -2.22. The molecule has 2 heteroatoms. The van der Waals surface area contributed by atoms with Crippen molar-refractivity contribution in [1.82, 2.24) is 4.98 Å². The summed E-state index contributed by atoms with van der Waals surface area (Å²) in [5, 5.41) is 0. The molecule has 0 saturated carbocycles. The predicted octanol–water partition coefficient (Wildman–Crippen LogP) is 4.08. The number of aldehydes is 1. The summed E-state index contributed by atoms with van der Waals surface area (Å²) in [6.07, 6.45) is 6.29. The van der Waals surface area contributed by atoms with Crippen molar-refractivity contribution in [3.8, 4) is 0 Å². The van der Waals surface area contributed by atoms with E-state index in [4.69, 9.17) is 0 Å². The molecule has 0 saturated heterocycles. The smallest absolute Gasteiger partial charge is 0.151 e. The number of aryl methyl sites for hydroxylation is 2. The fraction of sp³-hybridized carbons (Fsp3) is 0.222. The van der Waals surface area contributed by atoms with Gasteiger partial charge in [-0.25, -0.2) is 0 Å². The lowest BCUT2D eigenvalue weighted by Gasteiger charge is -2.19. The van der Waals surface area contributed by atoms with Gasteiger partial charge in [-0.1, -0.05) is 30.3 Å². The van der Waals surface area contributed by atoms with E-state index in [1.165, 1.54) is 16.7 Å². The lowest BCUT2D eigenvalue weighted by Crippen LogP contribution is -2.07. The van der Waals surface area contributed by atoms with Gasteiger partial charge in [0.25, 0.3) is 0 Å². The molecule has 0 bridgehead atoms. The van der Waals surface area contributed by atoms with E-state index in [1.807, 2.05) is 31.2 Å². The number of benzene rings is 1. The largest absolute Gasteiger partial charge is 0.298 e. The topological polar surface area (TPSA) is 30.0 Å². The molecule has 0 N–H and O–H groups in total. The van der Waals surface area contributed by atoms with E-state index in [2.05, 4.69) is 23.2 Å². The summed E-state index contributed by atoms with van der Waals surface area (Å²) in [5.74, 6) is 0. The number of hydrogen-bond donors (Lipinski definition) is 0. The van der Waals surface area contributed by atoms with Gasteiger partial charge in [0.15, 0.2) is 6.29 Å². The molecule has 1 heterocycles. The molecule has 0 unspecified atom stereocenters.